The molecule has 0 spiro atoms. The van der Waals surface area contributed by atoms with E-state index in [-0.39, 0.29) is 11.6 Å². The first-order valence-electron chi connectivity index (χ1n) is 6.88. The molecule has 6 heteroatoms. The average Bonchev–Trinajstić information content (AvgIpc) is 2.94. The van der Waals surface area contributed by atoms with Crippen molar-refractivity contribution >= 4 is 35.2 Å². The molecule has 0 fully saturated rings. The van der Waals surface area contributed by atoms with Crippen LogP contribution in [0.3, 0.4) is 0 Å². The molecule has 0 aliphatic heterocycles. The summed E-state index contributed by atoms with van der Waals surface area (Å²) in [5.74, 6) is 0.443. The second kappa shape index (κ2) is 7.36. The number of hydrogen-bond acceptors (Lipinski definition) is 3. The molecule has 0 saturated heterocycles. The van der Waals surface area contributed by atoms with Crippen molar-refractivity contribution in [1.29, 1.82) is 5.26 Å². The first kappa shape index (κ1) is 17.1. The molecular formula is C17H14Cl2N2O2. The van der Waals surface area contributed by atoms with Crippen LogP contribution >= 0.6 is 23.2 Å². The Kier molecular flexibility index (Phi) is 5.49. The Hall–Kier alpha value is -2.22. The summed E-state index contributed by atoms with van der Waals surface area (Å²) in [5, 5.41) is 12.8. The van der Waals surface area contributed by atoms with E-state index in [0.717, 1.165) is 0 Å². The largest absolute Gasteiger partial charge is 0.457 e. The lowest BCUT2D eigenvalue weighted by molar-refractivity contribution is -0.117. The summed E-state index contributed by atoms with van der Waals surface area (Å²) >= 11 is 12.1. The average molecular weight is 349 g/mol. The van der Waals surface area contributed by atoms with Crippen molar-refractivity contribution < 1.29 is 9.21 Å². The highest BCUT2D eigenvalue weighted by molar-refractivity contribution is 6.35. The van der Waals surface area contributed by atoms with Gasteiger partial charge < -0.3 is 9.73 Å². The van der Waals surface area contributed by atoms with E-state index in [1.807, 2.05) is 19.9 Å². The van der Waals surface area contributed by atoms with Crippen molar-refractivity contribution in [3.63, 3.8) is 0 Å². The van der Waals surface area contributed by atoms with Crippen LogP contribution in [0.4, 0.5) is 0 Å². The van der Waals surface area contributed by atoms with Crippen molar-refractivity contribution in [2.45, 2.75) is 19.9 Å². The van der Waals surface area contributed by atoms with Gasteiger partial charge in [-0.25, -0.2) is 0 Å². The van der Waals surface area contributed by atoms with Gasteiger partial charge in [0, 0.05) is 22.7 Å². The lowest BCUT2D eigenvalue weighted by atomic mass is 10.2. The van der Waals surface area contributed by atoms with E-state index in [9.17, 15) is 4.79 Å². The summed E-state index contributed by atoms with van der Waals surface area (Å²) in [6.07, 6.45) is 1.39. The fourth-order valence-electron chi connectivity index (χ4n) is 1.89. The van der Waals surface area contributed by atoms with E-state index in [2.05, 4.69) is 5.32 Å². The molecule has 4 nitrogen and oxygen atoms in total. The van der Waals surface area contributed by atoms with Gasteiger partial charge >= 0.3 is 0 Å². The summed E-state index contributed by atoms with van der Waals surface area (Å²) in [6.45, 7) is 3.64. The maximum atomic E-state index is 11.9. The summed E-state index contributed by atoms with van der Waals surface area (Å²) in [6, 6.07) is 10.2. The predicted octanol–water partition coefficient (Wildman–Crippen LogP) is 4.68. The van der Waals surface area contributed by atoms with E-state index in [1.54, 1.807) is 30.3 Å². The smallest absolute Gasteiger partial charge is 0.262 e. The van der Waals surface area contributed by atoms with Crippen molar-refractivity contribution in [3.8, 4) is 17.4 Å². The lowest BCUT2D eigenvalue weighted by Crippen LogP contribution is -2.30. The van der Waals surface area contributed by atoms with Crippen molar-refractivity contribution in [2.75, 3.05) is 0 Å². The topological polar surface area (TPSA) is 66.0 Å². The maximum absolute atomic E-state index is 11.9. The Balaban J connectivity index is 2.31. The minimum Gasteiger partial charge on any atom is -0.457 e. The standard InChI is InChI=1S/C17H14Cl2N2O2/c1-10(2)21-17(22)11(9-20)7-13-4-6-16(23-13)14-8-12(18)3-5-15(14)19/h3-8,10H,1-2H3,(H,21,22)/b11-7+. The molecule has 0 bridgehead atoms. The van der Waals surface area contributed by atoms with E-state index >= 15 is 0 Å². The highest BCUT2D eigenvalue weighted by atomic mass is 35.5. The van der Waals surface area contributed by atoms with E-state index in [1.165, 1.54) is 6.08 Å². The molecule has 118 valence electrons. The molecule has 0 aliphatic rings. The molecule has 1 aromatic heterocycles. The summed E-state index contributed by atoms with van der Waals surface area (Å²) in [4.78, 5) is 11.9. The summed E-state index contributed by atoms with van der Waals surface area (Å²) in [5.41, 5.74) is 0.612. The molecule has 1 N–H and O–H groups in total. The van der Waals surface area contributed by atoms with Gasteiger partial charge in [-0.2, -0.15) is 5.26 Å². The third kappa shape index (κ3) is 4.38. The Labute approximate surface area is 144 Å². The highest BCUT2D eigenvalue weighted by Gasteiger charge is 2.13. The molecule has 0 atom stereocenters. The number of nitrogens with one attached hydrogen (secondary N) is 1. The third-order valence-corrected chi connectivity index (χ3v) is 3.46. The molecule has 0 radical (unpaired) electrons. The molecular weight excluding hydrogens is 335 g/mol. The molecule has 2 aromatic rings. The minimum absolute atomic E-state index is 0.0307. The molecule has 0 unspecified atom stereocenters. The number of nitriles is 1. The van der Waals surface area contributed by atoms with Gasteiger partial charge in [-0.1, -0.05) is 23.2 Å². The van der Waals surface area contributed by atoms with Crippen LogP contribution in [0.25, 0.3) is 17.4 Å². The van der Waals surface area contributed by atoms with Gasteiger partial charge in [0.15, 0.2) is 0 Å². The Bertz CT molecular complexity index is 801. The molecule has 1 amide bonds. The van der Waals surface area contributed by atoms with Gasteiger partial charge in [-0.3, -0.25) is 4.79 Å². The van der Waals surface area contributed by atoms with Crippen LogP contribution in [0, 0.1) is 11.3 Å². The molecule has 0 saturated carbocycles. The molecule has 1 aromatic carbocycles. The lowest BCUT2D eigenvalue weighted by Gasteiger charge is -2.06. The second-order valence-electron chi connectivity index (χ2n) is 5.12. The van der Waals surface area contributed by atoms with Gasteiger partial charge in [0.2, 0.25) is 0 Å². The zero-order valence-corrected chi connectivity index (χ0v) is 14.1. The molecule has 2 rings (SSSR count). The van der Waals surface area contributed by atoms with Gasteiger partial charge in [0.05, 0.1) is 5.02 Å². The maximum Gasteiger partial charge on any atom is 0.262 e. The van der Waals surface area contributed by atoms with E-state index in [0.29, 0.717) is 27.1 Å². The number of nitrogens with zero attached hydrogens (tertiary/aromatic N) is 1. The monoisotopic (exact) mass is 348 g/mol. The minimum atomic E-state index is -0.443. The first-order valence-corrected chi connectivity index (χ1v) is 7.64. The summed E-state index contributed by atoms with van der Waals surface area (Å²) in [7, 11) is 0. The van der Waals surface area contributed by atoms with Gasteiger partial charge in [0.25, 0.3) is 5.91 Å². The molecule has 0 aliphatic carbocycles. The number of hydrogen-bond donors (Lipinski definition) is 1. The van der Waals surface area contributed by atoms with Crippen molar-refractivity contribution in [2.24, 2.45) is 0 Å². The van der Waals surface area contributed by atoms with Crippen LogP contribution < -0.4 is 5.32 Å². The van der Waals surface area contributed by atoms with Crippen LogP contribution in [0.5, 0.6) is 0 Å². The second-order valence-corrected chi connectivity index (χ2v) is 5.97. The zero-order valence-electron chi connectivity index (χ0n) is 12.6. The molecule has 23 heavy (non-hydrogen) atoms. The fourth-order valence-corrected chi connectivity index (χ4v) is 2.28. The number of furan rings is 1. The van der Waals surface area contributed by atoms with Crippen LogP contribution in [0.15, 0.2) is 40.3 Å². The Morgan fingerprint density at radius 2 is 2.04 bits per heavy atom. The Morgan fingerprint density at radius 3 is 2.70 bits per heavy atom. The number of benzene rings is 1. The molecule has 1 heterocycles. The quantitative estimate of drug-likeness (QED) is 0.643. The van der Waals surface area contributed by atoms with E-state index in [4.69, 9.17) is 32.9 Å². The summed E-state index contributed by atoms with van der Waals surface area (Å²) < 4.78 is 5.64. The first-order chi connectivity index (χ1) is 10.9. The van der Waals surface area contributed by atoms with Crippen molar-refractivity contribution in [3.05, 3.63) is 51.7 Å². The zero-order chi connectivity index (χ0) is 17.0. The Morgan fingerprint density at radius 1 is 1.30 bits per heavy atom. The van der Waals surface area contributed by atoms with Crippen molar-refractivity contribution in [1.82, 2.24) is 5.32 Å². The van der Waals surface area contributed by atoms with Gasteiger partial charge in [-0.05, 0) is 44.2 Å². The fraction of sp³-hybridized carbons (Fsp3) is 0.176. The number of halogens is 2. The number of amides is 1. The van der Waals surface area contributed by atoms with Gasteiger partial charge in [-0.15, -0.1) is 0 Å². The number of rotatable bonds is 4. The number of carbonyl (C=O) groups excluding carboxylic acids is 1. The number of carbonyl (C=O) groups is 1. The van der Waals surface area contributed by atoms with Crippen LogP contribution in [0.2, 0.25) is 10.0 Å². The van der Waals surface area contributed by atoms with E-state index < -0.39 is 5.91 Å². The SMILES string of the molecule is CC(C)NC(=O)/C(C#N)=C/c1ccc(-c2cc(Cl)ccc2Cl)o1. The van der Waals surface area contributed by atoms with Crippen LogP contribution in [-0.2, 0) is 4.79 Å². The predicted molar refractivity (Wildman–Crippen MR) is 91.0 cm³/mol. The normalized spacial score (nSPS) is 11.4. The van der Waals surface area contributed by atoms with Crippen LogP contribution in [0.1, 0.15) is 19.6 Å². The third-order valence-electron chi connectivity index (χ3n) is 2.89. The van der Waals surface area contributed by atoms with Gasteiger partial charge in [0.1, 0.15) is 23.2 Å². The van der Waals surface area contributed by atoms with Crippen LogP contribution in [-0.4, -0.2) is 11.9 Å². The highest BCUT2D eigenvalue weighted by Crippen LogP contribution is 2.32.